The van der Waals surface area contributed by atoms with Gasteiger partial charge >= 0.3 is 0 Å². The van der Waals surface area contributed by atoms with Crippen LogP contribution in [0.2, 0.25) is 0 Å². The maximum atomic E-state index is 11.4. The van der Waals surface area contributed by atoms with Gasteiger partial charge in [0.15, 0.2) is 0 Å². The van der Waals surface area contributed by atoms with Gasteiger partial charge in [-0.05, 0) is 30.7 Å². The van der Waals surface area contributed by atoms with E-state index in [1.165, 1.54) is 0 Å². The number of anilines is 1. The van der Waals surface area contributed by atoms with Crippen molar-refractivity contribution in [2.45, 2.75) is 13.3 Å². The molecule has 1 saturated heterocycles. The van der Waals surface area contributed by atoms with Gasteiger partial charge < -0.3 is 15.4 Å². The average Bonchev–Trinajstić information content (AvgIpc) is 2.67. The predicted molar refractivity (Wildman–Crippen MR) is 79.7 cm³/mol. The minimum absolute atomic E-state index is 0.171. The summed E-state index contributed by atoms with van der Waals surface area (Å²) in [5.74, 6) is 1.02. The number of hydrogen-bond acceptors (Lipinski definition) is 4. The monoisotopic (exact) mass is 277 g/mol. The summed E-state index contributed by atoms with van der Waals surface area (Å²) in [5.41, 5.74) is 6.38. The molecule has 0 unspecified atom stereocenters. The third kappa shape index (κ3) is 4.42. The van der Waals surface area contributed by atoms with Crippen LogP contribution in [0.1, 0.15) is 13.3 Å². The van der Waals surface area contributed by atoms with E-state index in [1.807, 2.05) is 29.2 Å². The molecule has 2 rings (SSSR count). The minimum atomic E-state index is 0.171. The van der Waals surface area contributed by atoms with Gasteiger partial charge in [-0.1, -0.05) is 0 Å². The van der Waals surface area contributed by atoms with Gasteiger partial charge in [-0.25, -0.2) is 0 Å². The molecule has 20 heavy (non-hydrogen) atoms. The molecule has 0 radical (unpaired) electrons. The molecule has 5 nitrogen and oxygen atoms in total. The van der Waals surface area contributed by atoms with E-state index in [1.54, 1.807) is 6.92 Å². The lowest BCUT2D eigenvalue weighted by molar-refractivity contribution is -0.128. The van der Waals surface area contributed by atoms with E-state index in [0.29, 0.717) is 6.61 Å². The second-order valence-electron chi connectivity index (χ2n) is 5.12. The number of nitrogen functional groups attached to an aromatic ring is 1. The van der Waals surface area contributed by atoms with Gasteiger partial charge in [0.25, 0.3) is 0 Å². The molecule has 1 amide bonds. The lowest BCUT2D eigenvalue weighted by Crippen LogP contribution is -2.35. The quantitative estimate of drug-likeness (QED) is 0.840. The van der Waals surface area contributed by atoms with Gasteiger partial charge in [0.2, 0.25) is 5.91 Å². The second kappa shape index (κ2) is 7.14. The molecule has 5 heteroatoms. The highest BCUT2D eigenvalue weighted by atomic mass is 16.5. The van der Waals surface area contributed by atoms with Crippen LogP contribution in [0.4, 0.5) is 5.69 Å². The van der Waals surface area contributed by atoms with Gasteiger partial charge in [-0.15, -0.1) is 0 Å². The van der Waals surface area contributed by atoms with Crippen molar-refractivity contribution in [2.75, 3.05) is 45.1 Å². The fourth-order valence-corrected chi connectivity index (χ4v) is 2.37. The van der Waals surface area contributed by atoms with E-state index < -0.39 is 0 Å². The van der Waals surface area contributed by atoms with Gasteiger partial charge in [-0.3, -0.25) is 9.69 Å². The number of nitrogens with zero attached hydrogens (tertiary/aromatic N) is 2. The highest BCUT2D eigenvalue weighted by molar-refractivity contribution is 5.73. The molecule has 0 spiro atoms. The van der Waals surface area contributed by atoms with Crippen molar-refractivity contribution in [1.29, 1.82) is 0 Å². The summed E-state index contributed by atoms with van der Waals surface area (Å²) in [6.07, 6.45) is 1.03. The SMILES string of the molecule is CC(=O)N1CCCN(CCOc2ccc(N)cc2)CC1. The molecular weight excluding hydrogens is 254 g/mol. The zero-order valence-electron chi connectivity index (χ0n) is 12.0. The van der Waals surface area contributed by atoms with Crippen molar-refractivity contribution >= 4 is 11.6 Å². The summed E-state index contributed by atoms with van der Waals surface area (Å²) in [5, 5.41) is 0. The number of carbonyl (C=O) groups is 1. The minimum Gasteiger partial charge on any atom is -0.492 e. The van der Waals surface area contributed by atoms with Crippen LogP contribution in [0.3, 0.4) is 0 Å². The van der Waals surface area contributed by atoms with Crippen LogP contribution in [0.25, 0.3) is 0 Å². The molecule has 0 bridgehead atoms. The predicted octanol–water partition coefficient (Wildman–Crippen LogP) is 1.20. The molecular formula is C15H23N3O2. The third-order valence-corrected chi connectivity index (χ3v) is 3.59. The van der Waals surface area contributed by atoms with Gasteiger partial charge in [0.1, 0.15) is 12.4 Å². The van der Waals surface area contributed by atoms with Crippen molar-refractivity contribution in [3.8, 4) is 5.75 Å². The highest BCUT2D eigenvalue weighted by Gasteiger charge is 2.16. The molecule has 2 N–H and O–H groups in total. The van der Waals surface area contributed by atoms with Gasteiger partial charge in [0, 0.05) is 45.3 Å². The van der Waals surface area contributed by atoms with E-state index in [-0.39, 0.29) is 5.91 Å². The molecule has 0 saturated carbocycles. The fraction of sp³-hybridized carbons (Fsp3) is 0.533. The highest BCUT2D eigenvalue weighted by Crippen LogP contribution is 2.13. The Morgan fingerprint density at radius 3 is 2.65 bits per heavy atom. The summed E-state index contributed by atoms with van der Waals surface area (Å²) in [4.78, 5) is 15.6. The summed E-state index contributed by atoms with van der Waals surface area (Å²) in [6.45, 7) is 6.81. The van der Waals surface area contributed by atoms with Crippen LogP contribution in [0.5, 0.6) is 5.75 Å². The van der Waals surface area contributed by atoms with Crippen molar-refractivity contribution in [3.05, 3.63) is 24.3 Å². The molecule has 1 aromatic rings. The van der Waals surface area contributed by atoms with Crippen LogP contribution >= 0.6 is 0 Å². The smallest absolute Gasteiger partial charge is 0.219 e. The number of rotatable bonds is 4. The lowest BCUT2D eigenvalue weighted by Gasteiger charge is -2.21. The Bertz CT molecular complexity index is 433. The topological polar surface area (TPSA) is 58.8 Å². The van der Waals surface area contributed by atoms with Crippen molar-refractivity contribution in [1.82, 2.24) is 9.80 Å². The molecule has 1 aliphatic heterocycles. The van der Waals surface area contributed by atoms with Crippen molar-refractivity contribution in [2.24, 2.45) is 0 Å². The molecule has 1 aromatic carbocycles. The Labute approximate surface area is 120 Å². The standard InChI is InChI=1S/C15H23N3O2/c1-13(19)18-8-2-7-17(9-10-18)11-12-20-15-5-3-14(16)4-6-15/h3-6H,2,7-12,16H2,1H3. The van der Waals surface area contributed by atoms with E-state index in [4.69, 9.17) is 10.5 Å². The first kappa shape index (κ1) is 14.7. The first-order valence-corrected chi connectivity index (χ1v) is 7.11. The van der Waals surface area contributed by atoms with Crippen LogP contribution < -0.4 is 10.5 Å². The molecule has 110 valence electrons. The van der Waals surface area contributed by atoms with E-state index in [2.05, 4.69) is 4.90 Å². The Morgan fingerprint density at radius 1 is 1.20 bits per heavy atom. The largest absolute Gasteiger partial charge is 0.492 e. The van der Waals surface area contributed by atoms with E-state index in [0.717, 1.165) is 50.6 Å². The number of nitrogens with two attached hydrogens (primary N) is 1. The van der Waals surface area contributed by atoms with Crippen LogP contribution in [0.15, 0.2) is 24.3 Å². The van der Waals surface area contributed by atoms with Crippen LogP contribution in [-0.2, 0) is 4.79 Å². The Kier molecular flexibility index (Phi) is 5.24. The molecule has 1 fully saturated rings. The normalized spacial score (nSPS) is 16.8. The lowest BCUT2D eigenvalue weighted by atomic mass is 10.3. The Balaban J connectivity index is 1.71. The molecule has 1 heterocycles. The molecule has 0 aliphatic carbocycles. The zero-order chi connectivity index (χ0) is 14.4. The fourth-order valence-electron chi connectivity index (χ4n) is 2.37. The summed E-state index contributed by atoms with van der Waals surface area (Å²) in [6, 6.07) is 7.45. The molecule has 0 atom stereocenters. The van der Waals surface area contributed by atoms with Gasteiger partial charge in [0.05, 0.1) is 0 Å². The number of carbonyl (C=O) groups excluding carboxylic acids is 1. The second-order valence-corrected chi connectivity index (χ2v) is 5.12. The number of amides is 1. The summed E-state index contributed by atoms with van der Waals surface area (Å²) >= 11 is 0. The third-order valence-electron chi connectivity index (χ3n) is 3.59. The summed E-state index contributed by atoms with van der Waals surface area (Å²) in [7, 11) is 0. The van der Waals surface area contributed by atoms with Crippen LogP contribution in [-0.4, -0.2) is 55.0 Å². The van der Waals surface area contributed by atoms with E-state index in [9.17, 15) is 4.79 Å². The first-order valence-electron chi connectivity index (χ1n) is 7.11. The van der Waals surface area contributed by atoms with Crippen LogP contribution in [0, 0.1) is 0 Å². The van der Waals surface area contributed by atoms with Crippen molar-refractivity contribution in [3.63, 3.8) is 0 Å². The van der Waals surface area contributed by atoms with E-state index >= 15 is 0 Å². The molecule has 0 aromatic heterocycles. The summed E-state index contributed by atoms with van der Waals surface area (Å²) < 4.78 is 5.70. The molecule has 1 aliphatic rings. The number of ether oxygens (including phenoxy) is 1. The average molecular weight is 277 g/mol. The maximum absolute atomic E-state index is 11.4. The first-order chi connectivity index (χ1) is 9.65. The number of benzene rings is 1. The van der Waals surface area contributed by atoms with Gasteiger partial charge in [-0.2, -0.15) is 0 Å². The number of hydrogen-bond donors (Lipinski definition) is 1. The maximum Gasteiger partial charge on any atom is 0.219 e. The zero-order valence-corrected chi connectivity index (χ0v) is 12.0. The Morgan fingerprint density at radius 2 is 1.95 bits per heavy atom. The van der Waals surface area contributed by atoms with Crippen molar-refractivity contribution < 1.29 is 9.53 Å². The Hall–Kier alpha value is -1.75.